The van der Waals surface area contributed by atoms with Gasteiger partial charge in [0, 0.05) is 62.4 Å². The second kappa shape index (κ2) is 10.1. The minimum absolute atomic E-state index is 0.115. The highest BCUT2D eigenvalue weighted by Crippen LogP contribution is 2.26. The van der Waals surface area contributed by atoms with Gasteiger partial charge in [0.25, 0.3) is 0 Å². The summed E-state index contributed by atoms with van der Waals surface area (Å²) in [6, 6.07) is 8.69. The van der Waals surface area contributed by atoms with Gasteiger partial charge in [0.1, 0.15) is 0 Å². The maximum Gasteiger partial charge on any atom is 0.220 e. The SMILES string of the molecule is CCCn1nc(CCC(=O)NCCCN2CCCc3ccccc32)c2c1CCOC2. The van der Waals surface area contributed by atoms with Gasteiger partial charge in [-0.2, -0.15) is 5.10 Å². The summed E-state index contributed by atoms with van der Waals surface area (Å²) in [5.74, 6) is 0.115. The molecule has 2 aliphatic rings. The molecule has 0 unspecified atom stereocenters. The Labute approximate surface area is 179 Å². The average Bonchev–Trinajstić information content (AvgIpc) is 3.13. The Morgan fingerprint density at radius 3 is 3.03 bits per heavy atom. The fourth-order valence-electron chi connectivity index (χ4n) is 4.64. The fraction of sp³-hybridized carbons (Fsp3) is 0.583. The topological polar surface area (TPSA) is 59.4 Å². The summed E-state index contributed by atoms with van der Waals surface area (Å²) in [4.78, 5) is 14.8. The second-order valence-corrected chi connectivity index (χ2v) is 8.32. The molecule has 0 saturated heterocycles. The molecular formula is C24H34N4O2. The molecule has 1 N–H and O–H groups in total. The number of aromatic nitrogens is 2. The van der Waals surface area contributed by atoms with Gasteiger partial charge in [-0.05, 0) is 37.3 Å². The van der Waals surface area contributed by atoms with Crippen molar-refractivity contribution < 1.29 is 9.53 Å². The maximum atomic E-state index is 12.4. The monoisotopic (exact) mass is 410 g/mol. The van der Waals surface area contributed by atoms with Crippen molar-refractivity contribution in [2.75, 3.05) is 31.1 Å². The zero-order valence-corrected chi connectivity index (χ0v) is 18.2. The lowest BCUT2D eigenvalue weighted by Gasteiger charge is -2.31. The Morgan fingerprint density at radius 2 is 2.13 bits per heavy atom. The number of rotatable bonds is 9. The molecule has 2 aromatic rings. The Kier molecular flexibility index (Phi) is 7.05. The number of hydrogen-bond acceptors (Lipinski definition) is 4. The van der Waals surface area contributed by atoms with Crippen molar-refractivity contribution in [2.24, 2.45) is 0 Å². The van der Waals surface area contributed by atoms with Crippen LogP contribution in [0.25, 0.3) is 0 Å². The Balaban J connectivity index is 1.22. The molecule has 1 aromatic carbocycles. The van der Waals surface area contributed by atoms with Crippen LogP contribution >= 0.6 is 0 Å². The molecule has 162 valence electrons. The van der Waals surface area contributed by atoms with E-state index in [1.54, 1.807) is 0 Å². The van der Waals surface area contributed by atoms with Crippen LogP contribution in [0.1, 0.15) is 55.1 Å². The van der Waals surface area contributed by atoms with Gasteiger partial charge in [-0.3, -0.25) is 9.48 Å². The normalized spacial score (nSPS) is 15.6. The lowest BCUT2D eigenvalue weighted by Crippen LogP contribution is -2.33. The zero-order valence-electron chi connectivity index (χ0n) is 18.2. The molecule has 1 amide bonds. The van der Waals surface area contributed by atoms with E-state index in [1.807, 2.05) is 0 Å². The Bertz CT molecular complexity index is 861. The number of fused-ring (bicyclic) bond motifs is 2. The average molecular weight is 411 g/mol. The number of anilines is 1. The second-order valence-electron chi connectivity index (χ2n) is 8.32. The smallest absolute Gasteiger partial charge is 0.220 e. The van der Waals surface area contributed by atoms with E-state index >= 15 is 0 Å². The van der Waals surface area contributed by atoms with Crippen molar-refractivity contribution >= 4 is 11.6 Å². The number of carbonyl (C=O) groups is 1. The molecule has 4 rings (SSSR count). The van der Waals surface area contributed by atoms with E-state index < -0.39 is 0 Å². The molecule has 2 aliphatic heterocycles. The molecule has 0 fully saturated rings. The number of amides is 1. The molecule has 30 heavy (non-hydrogen) atoms. The van der Waals surface area contributed by atoms with Crippen molar-refractivity contribution in [3.8, 4) is 0 Å². The summed E-state index contributed by atoms with van der Waals surface area (Å²) in [6.45, 7) is 7.33. The number of nitrogens with zero attached hydrogens (tertiary/aromatic N) is 3. The van der Waals surface area contributed by atoms with E-state index in [2.05, 4.69) is 46.1 Å². The van der Waals surface area contributed by atoms with Crippen molar-refractivity contribution in [2.45, 2.75) is 65.0 Å². The largest absolute Gasteiger partial charge is 0.376 e. The Hall–Kier alpha value is -2.34. The molecule has 0 saturated carbocycles. The summed E-state index contributed by atoms with van der Waals surface area (Å²) in [6.07, 6.45) is 6.52. The molecule has 3 heterocycles. The first kappa shape index (κ1) is 20.9. The van der Waals surface area contributed by atoms with Crippen LogP contribution in [-0.4, -0.2) is 41.9 Å². The van der Waals surface area contributed by atoms with Gasteiger partial charge in [-0.15, -0.1) is 0 Å². The lowest BCUT2D eigenvalue weighted by atomic mass is 10.0. The van der Waals surface area contributed by atoms with Crippen molar-refractivity contribution in [1.82, 2.24) is 15.1 Å². The third-order valence-electron chi connectivity index (χ3n) is 6.14. The summed E-state index contributed by atoms with van der Waals surface area (Å²) in [7, 11) is 0. The Morgan fingerprint density at radius 1 is 1.23 bits per heavy atom. The van der Waals surface area contributed by atoms with Crippen LogP contribution in [0, 0.1) is 0 Å². The zero-order chi connectivity index (χ0) is 20.8. The van der Waals surface area contributed by atoms with Gasteiger partial charge in [-0.25, -0.2) is 0 Å². The lowest BCUT2D eigenvalue weighted by molar-refractivity contribution is -0.121. The quantitative estimate of drug-likeness (QED) is 0.645. The van der Waals surface area contributed by atoms with Crippen LogP contribution < -0.4 is 10.2 Å². The number of aryl methyl sites for hydroxylation is 3. The van der Waals surface area contributed by atoms with E-state index in [0.29, 0.717) is 19.4 Å². The maximum absolute atomic E-state index is 12.4. The van der Waals surface area contributed by atoms with Crippen LogP contribution in [0.5, 0.6) is 0 Å². The van der Waals surface area contributed by atoms with Gasteiger partial charge in [-0.1, -0.05) is 25.1 Å². The summed E-state index contributed by atoms with van der Waals surface area (Å²) in [5, 5.41) is 7.88. The summed E-state index contributed by atoms with van der Waals surface area (Å²) >= 11 is 0. The molecule has 0 radical (unpaired) electrons. The summed E-state index contributed by atoms with van der Waals surface area (Å²) < 4.78 is 7.76. The van der Waals surface area contributed by atoms with Crippen LogP contribution in [0.4, 0.5) is 5.69 Å². The molecule has 6 nitrogen and oxygen atoms in total. The third kappa shape index (κ3) is 4.86. The van der Waals surface area contributed by atoms with Gasteiger partial charge in [0.15, 0.2) is 0 Å². The van der Waals surface area contributed by atoms with Gasteiger partial charge >= 0.3 is 0 Å². The van der Waals surface area contributed by atoms with Gasteiger partial charge in [0.2, 0.25) is 5.91 Å². The number of para-hydroxylation sites is 1. The summed E-state index contributed by atoms with van der Waals surface area (Å²) in [5.41, 5.74) is 6.37. The molecule has 1 aromatic heterocycles. The van der Waals surface area contributed by atoms with E-state index in [0.717, 1.165) is 57.7 Å². The van der Waals surface area contributed by atoms with Crippen molar-refractivity contribution in [3.63, 3.8) is 0 Å². The number of benzene rings is 1. The standard InChI is InChI=1S/C24H34N4O2/c1-2-14-28-23-12-17-30-18-20(23)21(26-28)10-11-24(29)25-13-6-16-27-15-5-8-19-7-3-4-9-22(19)27/h3-4,7,9H,2,5-6,8,10-18H2,1H3,(H,25,29). The van der Waals surface area contributed by atoms with Gasteiger partial charge < -0.3 is 15.0 Å². The minimum Gasteiger partial charge on any atom is -0.376 e. The van der Waals surface area contributed by atoms with Crippen LogP contribution in [0.15, 0.2) is 24.3 Å². The minimum atomic E-state index is 0.115. The molecular weight excluding hydrogens is 376 g/mol. The van der Waals surface area contributed by atoms with E-state index in [-0.39, 0.29) is 5.91 Å². The third-order valence-corrected chi connectivity index (χ3v) is 6.14. The van der Waals surface area contributed by atoms with Crippen LogP contribution in [0.2, 0.25) is 0 Å². The molecule has 6 heteroatoms. The fourth-order valence-corrected chi connectivity index (χ4v) is 4.64. The number of ether oxygens (including phenoxy) is 1. The molecule has 0 aliphatic carbocycles. The first-order chi connectivity index (χ1) is 14.8. The predicted octanol–water partition coefficient (Wildman–Crippen LogP) is 3.26. The first-order valence-corrected chi connectivity index (χ1v) is 11.5. The van der Waals surface area contributed by atoms with Crippen LogP contribution in [0.3, 0.4) is 0 Å². The number of nitrogens with one attached hydrogen (secondary N) is 1. The predicted molar refractivity (Wildman–Crippen MR) is 119 cm³/mol. The highest BCUT2D eigenvalue weighted by molar-refractivity contribution is 5.76. The van der Waals surface area contributed by atoms with Crippen molar-refractivity contribution in [3.05, 3.63) is 46.8 Å². The first-order valence-electron chi connectivity index (χ1n) is 11.5. The van der Waals surface area contributed by atoms with E-state index in [1.165, 1.54) is 35.3 Å². The highest BCUT2D eigenvalue weighted by atomic mass is 16.5. The number of carbonyl (C=O) groups excluding carboxylic acids is 1. The molecule has 0 atom stereocenters. The van der Waals surface area contributed by atoms with E-state index in [9.17, 15) is 4.79 Å². The number of hydrogen-bond donors (Lipinski definition) is 1. The van der Waals surface area contributed by atoms with Crippen LogP contribution in [-0.2, 0) is 41.9 Å². The van der Waals surface area contributed by atoms with Gasteiger partial charge in [0.05, 0.1) is 18.9 Å². The van der Waals surface area contributed by atoms with Crippen molar-refractivity contribution in [1.29, 1.82) is 0 Å². The molecule has 0 bridgehead atoms. The van der Waals surface area contributed by atoms with E-state index in [4.69, 9.17) is 9.84 Å². The highest BCUT2D eigenvalue weighted by Gasteiger charge is 2.21. The molecule has 0 spiro atoms.